The van der Waals surface area contributed by atoms with E-state index in [0.29, 0.717) is 6.79 Å². The summed E-state index contributed by atoms with van der Waals surface area (Å²) in [7, 11) is 2.08. The molecule has 15 heavy (non-hydrogen) atoms. The average molecular weight is 225 g/mol. The van der Waals surface area contributed by atoms with E-state index >= 15 is 0 Å². The first-order valence-corrected chi connectivity index (χ1v) is 5.61. The molecule has 0 saturated heterocycles. The second-order valence-electron chi connectivity index (χ2n) is 3.65. The summed E-state index contributed by atoms with van der Waals surface area (Å²) in [4.78, 5) is 2.23. The third-order valence-corrected chi connectivity index (χ3v) is 2.57. The highest BCUT2D eigenvalue weighted by Gasteiger charge is 2.13. The van der Waals surface area contributed by atoms with Crippen molar-refractivity contribution in [3.63, 3.8) is 0 Å². The summed E-state index contributed by atoms with van der Waals surface area (Å²) < 4.78 is 10.6. The van der Waals surface area contributed by atoms with E-state index in [0.717, 1.165) is 30.3 Å². The summed E-state index contributed by atoms with van der Waals surface area (Å²) in [5.74, 6) is 2.57. The van der Waals surface area contributed by atoms with E-state index in [1.165, 1.54) is 5.56 Å². The minimum absolute atomic E-state index is 0.339. The molecule has 1 aliphatic rings. The molecule has 82 valence electrons. The van der Waals surface area contributed by atoms with E-state index in [1.807, 2.05) is 12.1 Å². The molecule has 1 aromatic carbocycles. The van der Waals surface area contributed by atoms with Gasteiger partial charge in [0.1, 0.15) is 0 Å². The van der Waals surface area contributed by atoms with Crippen molar-refractivity contribution in [2.75, 3.05) is 26.1 Å². The van der Waals surface area contributed by atoms with Gasteiger partial charge >= 0.3 is 0 Å². The fourth-order valence-corrected chi connectivity index (χ4v) is 1.94. The average Bonchev–Trinajstić information content (AvgIpc) is 2.65. The summed E-state index contributed by atoms with van der Waals surface area (Å²) in [6.07, 6.45) is 0. The number of ether oxygens (including phenoxy) is 2. The van der Waals surface area contributed by atoms with E-state index in [9.17, 15) is 0 Å². The van der Waals surface area contributed by atoms with Crippen LogP contribution in [0.5, 0.6) is 11.5 Å². The summed E-state index contributed by atoms with van der Waals surface area (Å²) in [5, 5.41) is 0. The molecule has 0 aromatic heterocycles. The molecule has 3 nitrogen and oxygen atoms in total. The third-order valence-electron chi connectivity index (χ3n) is 2.37. The molecule has 4 heteroatoms. The van der Waals surface area contributed by atoms with Crippen LogP contribution in [0.3, 0.4) is 0 Å². The molecule has 0 unspecified atom stereocenters. The quantitative estimate of drug-likeness (QED) is 0.789. The molecule has 0 N–H and O–H groups in total. The minimum Gasteiger partial charge on any atom is -0.454 e. The third kappa shape index (κ3) is 2.58. The summed E-state index contributed by atoms with van der Waals surface area (Å²) in [6, 6.07) is 6.08. The maximum absolute atomic E-state index is 5.32. The standard InChI is InChI=1S/C11H15NO2S/c1-12(4-5-15)7-9-2-3-10-11(6-9)14-8-13-10/h2-3,6,15H,4-5,7-8H2,1H3. The molecule has 0 amide bonds. The van der Waals surface area contributed by atoms with Gasteiger partial charge in [0.2, 0.25) is 6.79 Å². The summed E-state index contributed by atoms with van der Waals surface area (Å²) in [5.41, 5.74) is 1.24. The number of hydrogen-bond acceptors (Lipinski definition) is 4. The van der Waals surface area contributed by atoms with Crippen LogP contribution in [-0.4, -0.2) is 31.0 Å². The Kier molecular flexibility index (Phi) is 3.38. The molecule has 0 atom stereocenters. The molecule has 0 bridgehead atoms. The molecule has 1 aliphatic heterocycles. The topological polar surface area (TPSA) is 21.7 Å². The van der Waals surface area contributed by atoms with Crippen molar-refractivity contribution in [2.45, 2.75) is 6.54 Å². The van der Waals surface area contributed by atoms with Gasteiger partial charge in [-0.25, -0.2) is 0 Å². The number of thiol groups is 1. The Morgan fingerprint density at radius 2 is 2.13 bits per heavy atom. The van der Waals surface area contributed by atoms with Crippen LogP contribution in [0.2, 0.25) is 0 Å². The van der Waals surface area contributed by atoms with Gasteiger partial charge in [-0.1, -0.05) is 6.07 Å². The van der Waals surface area contributed by atoms with Crippen molar-refractivity contribution in [3.05, 3.63) is 23.8 Å². The number of nitrogens with zero attached hydrogens (tertiary/aromatic N) is 1. The second-order valence-corrected chi connectivity index (χ2v) is 4.10. The van der Waals surface area contributed by atoms with E-state index in [4.69, 9.17) is 9.47 Å². The largest absolute Gasteiger partial charge is 0.454 e. The van der Waals surface area contributed by atoms with Crippen LogP contribution >= 0.6 is 12.6 Å². The van der Waals surface area contributed by atoms with Crippen molar-refractivity contribution in [1.29, 1.82) is 0 Å². The Bertz CT molecular complexity index is 343. The van der Waals surface area contributed by atoms with Gasteiger partial charge in [0.15, 0.2) is 11.5 Å². The first kappa shape index (κ1) is 10.6. The first-order chi connectivity index (χ1) is 7.29. The van der Waals surface area contributed by atoms with E-state index < -0.39 is 0 Å². The molecule has 0 aliphatic carbocycles. The van der Waals surface area contributed by atoms with E-state index in [2.05, 4.69) is 30.6 Å². The maximum Gasteiger partial charge on any atom is 0.231 e. The van der Waals surface area contributed by atoms with Crippen molar-refractivity contribution in [3.8, 4) is 11.5 Å². The minimum atomic E-state index is 0.339. The van der Waals surface area contributed by atoms with Crippen LogP contribution in [-0.2, 0) is 6.54 Å². The second kappa shape index (κ2) is 4.77. The highest BCUT2D eigenvalue weighted by atomic mass is 32.1. The number of rotatable bonds is 4. The predicted octanol–water partition coefficient (Wildman–Crippen LogP) is 1.78. The summed E-state index contributed by atoms with van der Waals surface area (Å²) >= 11 is 4.21. The van der Waals surface area contributed by atoms with Gasteiger partial charge in [0, 0.05) is 18.8 Å². The molecule has 0 spiro atoms. The van der Waals surface area contributed by atoms with E-state index in [-0.39, 0.29) is 0 Å². The molecule has 2 rings (SSSR count). The molecule has 1 aromatic rings. The normalized spacial score (nSPS) is 13.5. The lowest BCUT2D eigenvalue weighted by Crippen LogP contribution is -2.19. The zero-order chi connectivity index (χ0) is 10.7. The number of fused-ring (bicyclic) bond motifs is 1. The van der Waals surface area contributed by atoms with Gasteiger partial charge in [-0.2, -0.15) is 12.6 Å². The van der Waals surface area contributed by atoms with Crippen LogP contribution in [0.25, 0.3) is 0 Å². The van der Waals surface area contributed by atoms with Gasteiger partial charge in [-0.05, 0) is 24.7 Å². The highest BCUT2D eigenvalue weighted by molar-refractivity contribution is 7.80. The van der Waals surface area contributed by atoms with Crippen molar-refractivity contribution in [2.24, 2.45) is 0 Å². The Morgan fingerprint density at radius 3 is 2.93 bits per heavy atom. The summed E-state index contributed by atoms with van der Waals surface area (Å²) in [6.45, 7) is 2.24. The zero-order valence-electron chi connectivity index (χ0n) is 8.77. The van der Waals surface area contributed by atoms with Crippen LogP contribution < -0.4 is 9.47 Å². The SMILES string of the molecule is CN(CCS)Cc1ccc2c(c1)OCO2. The monoisotopic (exact) mass is 225 g/mol. The molecule has 0 saturated carbocycles. The van der Waals surface area contributed by atoms with Gasteiger partial charge in [-0.15, -0.1) is 0 Å². The van der Waals surface area contributed by atoms with E-state index in [1.54, 1.807) is 0 Å². The Balaban J connectivity index is 2.03. The van der Waals surface area contributed by atoms with Gasteiger partial charge in [0.25, 0.3) is 0 Å². The van der Waals surface area contributed by atoms with Gasteiger partial charge in [0.05, 0.1) is 0 Å². The fraction of sp³-hybridized carbons (Fsp3) is 0.455. The van der Waals surface area contributed by atoms with Crippen LogP contribution in [0.1, 0.15) is 5.56 Å². The molecule has 0 radical (unpaired) electrons. The Labute approximate surface area is 95.4 Å². The predicted molar refractivity (Wildman–Crippen MR) is 62.8 cm³/mol. The number of hydrogen-bond donors (Lipinski definition) is 1. The van der Waals surface area contributed by atoms with Gasteiger partial charge < -0.3 is 14.4 Å². The lowest BCUT2D eigenvalue weighted by Gasteiger charge is -2.15. The van der Waals surface area contributed by atoms with Crippen LogP contribution in [0.4, 0.5) is 0 Å². The van der Waals surface area contributed by atoms with Crippen molar-refractivity contribution < 1.29 is 9.47 Å². The first-order valence-electron chi connectivity index (χ1n) is 4.97. The highest BCUT2D eigenvalue weighted by Crippen LogP contribution is 2.32. The zero-order valence-corrected chi connectivity index (χ0v) is 9.67. The smallest absolute Gasteiger partial charge is 0.231 e. The van der Waals surface area contributed by atoms with Crippen LogP contribution in [0, 0.1) is 0 Å². The molecular formula is C11H15NO2S. The van der Waals surface area contributed by atoms with Gasteiger partial charge in [-0.3, -0.25) is 0 Å². The Morgan fingerprint density at radius 1 is 1.33 bits per heavy atom. The van der Waals surface area contributed by atoms with Crippen molar-refractivity contribution in [1.82, 2.24) is 4.90 Å². The molecule has 1 heterocycles. The fourth-order valence-electron chi connectivity index (χ4n) is 1.60. The molecular weight excluding hydrogens is 210 g/mol. The lowest BCUT2D eigenvalue weighted by molar-refractivity contribution is 0.174. The number of benzene rings is 1. The van der Waals surface area contributed by atoms with Crippen molar-refractivity contribution >= 4 is 12.6 Å². The Hall–Kier alpha value is -0.870. The van der Waals surface area contributed by atoms with Crippen LogP contribution in [0.15, 0.2) is 18.2 Å². The maximum atomic E-state index is 5.32. The lowest BCUT2D eigenvalue weighted by atomic mass is 10.2. The molecule has 0 fully saturated rings.